The summed E-state index contributed by atoms with van der Waals surface area (Å²) in [6, 6.07) is 1.86. The molecular weight excluding hydrogens is 348 g/mol. The smallest absolute Gasteiger partial charge is 0.242 e. The molecule has 1 aromatic rings. The normalized spacial score (nSPS) is 17.2. The Kier molecular flexibility index (Phi) is 5.42. The third kappa shape index (κ3) is 4.01. The van der Waals surface area contributed by atoms with Crippen LogP contribution in [0.4, 0.5) is 0 Å². The summed E-state index contributed by atoms with van der Waals surface area (Å²) in [6.07, 6.45) is 4.13. The van der Waals surface area contributed by atoms with E-state index < -0.39 is 10.0 Å². The maximum absolute atomic E-state index is 12.3. The maximum Gasteiger partial charge on any atom is 0.242 e. The molecule has 1 aliphatic carbocycles. The largest absolute Gasteiger partial charge is 0.312 e. The molecule has 1 aromatic heterocycles. The van der Waals surface area contributed by atoms with Gasteiger partial charge < -0.3 is 5.32 Å². The van der Waals surface area contributed by atoms with E-state index in [2.05, 4.69) is 26.0 Å². The van der Waals surface area contributed by atoms with E-state index in [0.717, 1.165) is 37.1 Å². The number of hydrogen-bond acceptors (Lipinski definition) is 4. The van der Waals surface area contributed by atoms with Gasteiger partial charge in [0.15, 0.2) is 0 Å². The zero-order valence-electron chi connectivity index (χ0n) is 10.9. The number of rotatable bonds is 6. The predicted octanol–water partition coefficient (Wildman–Crippen LogP) is 2.84. The molecule has 1 saturated carbocycles. The summed E-state index contributed by atoms with van der Waals surface area (Å²) in [6.45, 7) is 3.61. The monoisotopic (exact) mass is 366 g/mol. The molecule has 4 nitrogen and oxygen atoms in total. The molecule has 19 heavy (non-hydrogen) atoms. The van der Waals surface area contributed by atoms with Gasteiger partial charge in [-0.15, -0.1) is 11.3 Å². The van der Waals surface area contributed by atoms with E-state index in [0.29, 0.717) is 15.2 Å². The summed E-state index contributed by atoms with van der Waals surface area (Å²) in [5.41, 5.74) is 0. The molecule has 108 valence electrons. The Morgan fingerprint density at radius 2 is 2.11 bits per heavy atom. The molecule has 2 N–H and O–H groups in total. The molecule has 1 fully saturated rings. The third-order valence-corrected chi connectivity index (χ3v) is 6.99. The van der Waals surface area contributed by atoms with Crippen LogP contribution in [-0.4, -0.2) is 21.0 Å². The van der Waals surface area contributed by atoms with Gasteiger partial charge in [-0.05, 0) is 41.4 Å². The highest BCUT2D eigenvalue weighted by molar-refractivity contribution is 9.11. The lowest BCUT2D eigenvalue weighted by Gasteiger charge is -2.11. The van der Waals surface area contributed by atoms with Crippen LogP contribution in [-0.2, 0) is 16.6 Å². The van der Waals surface area contributed by atoms with Gasteiger partial charge in [-0.3, -0.25) is 0 Å². The van der Waals surface area contributed by atoms with Crippen LogP contribution < -0.4 is 10.0 Å². The molecule has 0 amide bonds. The van der Waals surface area contributed by atoms with Crippen molar-refractivity contribution in [3.05, 3.63) is 14.7 Å². The molecule has 0 bridgehead atoms. The van der Waals surface area contributed by atoms with Crippen molar-refractivity contribution in [1.82, 2.24) is 10.0 Å². The summed E-state index contributed by atoms with van der Waals surface area (Å²) in [4.78, 5) is 1.40. The van der Waals surface area contributed by atoms with E-state index in [9.17, 15) is 8.42 Å². The van der Waals surface area contributed by atoms with Crippen LogP contribution in [0.5, 0.6) is 0 Å². The minimum Gasteiger partial charge on any atom is -0.312 e. The molecule has 7 heteroatoms. The molecule has 0 saturated heterocycles. The Morgan fingerprint density at radius 1 is 1.42 bits per heavy atom. The number of hydrogen-bond donors (Lipinski definition) is 2. The topological polar surface area (TPSA) is 58.2 Å². The molecule has 0 aliphatic heterocycles. The first-order valence-electron chi connectivity index (χ1n) is 6.54. The summed E-state index contributed by atoms with van der Waals surface area (Å²) >= 11 is 4.84. The summed E-state index contributed by atoms with van der Waals surface area (Å²) < 4.78 is 28.2. The van der Waals surface area contributed by atoms with Gasteiger partial charge in [0.25, 0.3) is 0 Å². The van der Waals surface area contributed by atoms with E-state index in [4.69, 9.17) is 0 Å². The number of nitrogens with one attached hydrogen (secondary N) is 2. The van der Waals surface area contributed by atoms with Gasteiger partial charge >= 0.3 is 0 Å². The summed E-state index contributed by atoms with van der Waals surface area (Å²) in [5.74, 6) is 0. The summed E-state index contributed by atoms with van der Waals surface area (Å²) in [7, 11) is -3.39. The van der Waals surface area contributed by atoms with Gasteiger partial charge in [0.1, 0.15) is 4.90 Å². The predicted molar refractivity (Wildman–Crippen MR) is 82.0 cm³/mol. The fourth-order valence-corrected chi connectivity index (χ4v) is 6.20. The first-order valence-corrected chi connectivity index (χ1v) is 9.63. The van der Waals surface area contributed by atoms with Crippen LogP contribution >= 0.6 is 27.3 Å². The fourth-order valence-electron chi connectivity index (χ4n) is 2.24. The zero-order chi connectivity index (χ0) is 13.9. The second-order valence-corrected chi connectivity index (χ2v) is 8.87. The Bertz CT molecular complexity index is 522. The van der Waals surface area contributed by atoms with Gasteiger partial charge in [-0.25, -0.2) is 13.1 Å². The third-order valence-electron chi connectivity index (χ3n) is 3.22. The van der Waals surface area contributed by atoms with Gasteiger partial charge in [0, 0.05) is 17.5 Å². The lowest BCUT2D eigenvalue weighted by atomic mass is 10.3. The molecule has 0 aromatic carbocycles. The first kappa shape index (κ1) is 15.4. The summed E-state index contributed by atoms with van der Waals surface area (Å²) in [5, 5.41) is 3.20. The van der Waals surface area contributed by atoms with Crippen molar-refractivity contribution in [2.24, 2.45) is 0 Å². The number of halogens is 1. The molecule has 1 heterocycles. The second-order valence-electron chi connectivity index (χ2n) is 4.73. The maximum atomic E-state index is 12.3. The molecule has 2 rings (SSSR count). The molecule has 0 atom stereocenters. The molecule has 0 radical (unpaired) electrons. The minimum absolute atomic E-state index is 0.106. The molecule has 1 aliphatic rings. The van der Waals surface area contributed by atoms with Crippen molar-refractivity contribution < 1.29 is 8.42 Å². The average molecular weight is 367 g/mol. The van der Waals surface area contributed by atoms with Crippen LogP contribution in [0, 0.1) is 0 Å². The highest BCUT2D eigenvalue weighted by atomic mass is 79.9. The minimum atomic E-state index is -3.39. The van der Waals surface area contributed by atoms with Crippen molar-refractivity contribution in [1.29, 1.82) is 0 Å². The van der Waals surface area contributed by atoms with Crippen LogP contribution in [0.2, 0.25) is 0 Å². The van der Waals surface area contributed by atoms with Gasteiger partial charge in [-0.2, -0.15) is 0 Å². The highest BCUT2D eigenvalue weighted by Gasteiger charge is 2.26. The standard InChI is InChI=1S/C12H19BrN2O2S2/c1-2-14-8-10-7-11(12(13)18-10)19(16,17)15-9-5-3-4-6-9/h7,9,14-15H,2-6,8H2,1H3. The lowest BCUT2D eigenvalue weighted by molar-refractivity contribution is 0.552. The van der Waals surface area contributed by atoms with Crippen molar-refractivity contribution >= 4 is 37.3 Å². The Morgan fingerprint density at radius 3 is 2.74 bits per heavy atom. The second kappa shape index (κ2) is 6.67. The highest BCUT2D eigenvalue weighted by Crippen LogP contribution is 2.32. The van der Waals surface area contributed by atoms with Crippen molar-refractivity contribution in [2.45, 2.75) is 50.1 Å². The fraction of sp³-hybridized carbons (Fsp3) is 0.667. The van der Waals surface area contributed by atoms with Gasteiger partial charge in [0.05, 0.1) is 3.79 Å². The van der Waals surface area contributed by atoms with E-state index in [1.54, 1.807) is 6.07 Å². The Balaban J connectivity index is 2.12. The zero-order valence-corrected chi connectivity index (χ0v) is 14.1. The van der Waals surface area contributed by atoms with E-state index in [1.807, 2.05) is 6.92 Å². The van der Waals surface area contributed by atoms with Crippen LogP contribution in [0.25, 0.3) is 0 Å². The van der Waals surface area contributed by atoms with Crippen LogP contribution in [0.1, 0.15) is 37.5 Å². The van der Waals surface area contributed by atoms with Gasteiger partial charge in [-0.1, -0.05) is 19.8 Å². The first-order chi connectivity index (χ1) is 9.03. The quantitative estimate of drug-likeness (QED) is 0.813. The van der Waals surface area contributed by atoms with E-state index in [-0.39, 0.29) is 6.04 Å². The lowest BCUT2D eigenvalue weighted by Crippen LogP contribution is -2.32. The molecular formula is C12H19BrN2O2S2. The molecule has 0 unspecified atom stereocenters. The average Bonchev–Trinajstić information content (AvgIpc) is 2.95. The number of thiophene rings is 1. The van der Waals surface area contributed by atoms with Gasteiger partial charge in [0.2, 0.25) is 10.0 Å². The van der Waals surface area contributed by atoms with E-state index >= 15 is 0 Å². The Labute approximate surface area is 127 Å². The number of sulfonamides is 1. The van der Waals surface area contributed by atoms with Crippen LogP contribution in [0.15, 0.2) is 14.7 Å². The van der Waals surface area contributed by atoms with E-state index in [1.165, 1.54) is 11.3 Å². The Hall–Kier alpha value is 0.0500. The molecule has 0 spiro atoms. The van der Waals surface area contributed by atoms with Crippen molar-refractivity contribution in [3.63, 3.8) is 0 Å². The van der Waals surface area contributed by atoms with Crippen LogP contribution in [0.3, 0.4) is 0 Å². The van der Waals surface area contributed by atoms with Crippen molar-refractivity contribution in [2.75, 3.05) is 6.54 Å². The van der Waals surface area contributed by atoms with Crippen molar-refractivity contribution in [3.8, 4) is 0 Å². The SMILES string of the molecule is CCNCc1cc(S(=O)(=O)NC2CCCC2)c(Br)s1.